The standard InChI is InChI=1S/C23H25N3O4/c1-4-26(5-2)22(27)20(16-9-7-6-8-10-16)29-23(28)17-13-18(15-11-12-15)24-21-19(17)14(3)25-30-21/h6-10,13,15,20H,4-5,11-12H2,1-3H3. The van der Waals surface area contributed by atoms with Crippen LogP contribution in [0.15, 0.2) is 40.9 Å². The highest BCUT2D eigenvalue weighted by Gasteiger charge is 2.32. The number of carbonyl (C=O) groups excluding carboxylic acids is 2. The van der Waals surface area contributed by atoms with Crippen LogP contribution in [0.4, 0.5) is 0 Å². The molecule has 30 heavy (non-hydrogen) atoms. The van der Waals surface area contributed by atoms with Crippen LogP contribution in [0.5, 0.6) is 0 Å². The van der Waals surface area contributed by atoms with Crippen molar-refractivity contribution < 1.29 is 18.8 Å². The maximum atomic E-state index is 13.3. The predicted molar refractivity (Wildman–Crippen MR) is 111 cm³/mol. The Hall–Kier alpha value is -3.22. The summed E-state index contributed by atoms with van der Waals surface area (Å²) in [5.74, 6) is -0.493. The van der Waals surface area contributed by atoms with E-state index in [1.54, 1.807) is 30.0 Å². The molecule has 1 atom stereocenters. The number of rotatable bonds is 7. The Kier molecular flexibility index (Phi) is 5.53. The van der Waals surface area contributed by atoms with E-state index in [0.29, 0.717) is 46.9 Å². The van der Waals surface area contributed by atoms with Crippen LogP contribution >= 0.6 is 0 Å². The van der Waals surface area contributed by atoms with Gasteiger partial charge in [0.1, 0.15) is 0 Å². The number of nitrogens with zero attached hydrogens (tertiary/aromatic N) is 3. The van der Waals surface area contributed by atoms with Crippen LogP contribution in [0, 0.1) is 6.92 Å². The molecule has 0 aliphatic heterocycles. The molecule has 0 radical (unpaired) electrons. The van der Waals surface area contributed by atoms with Crippen molar-refractivity contribution in [3.63, 3.8) is 0 Å². The summed E-state index contributed by atoms with van der Waals surface area (Å²) in [5.41, 5.74) is 2.68. The number of ether oxygens (including phenoxy) is 1. The summed E-state index contributed by atoms with van der Waals surface area (Å²) < 4.78 is 11.2. The minimum atomic E-state index is -1.02. The highest BCUT2D eigenvalue weighted by Crippen LogP contribution is 2.40. The van der Waals surface area contributed by atoms with Gasteiger partial charge in [0.05, 0.1) is 16.6 Å². The fourth-order valence-electron chi connectivity index (χ4n) is 3.62. The third-order valence-corrected chi connectivity index (χ3v) is 5.48. The molecule has 1 amide bonds. The minimum absolute atomic E-state index is 0.241. The van der Waals surface area contributed by atoms with Crippen LogP contribution in [-0.4, -0.2) is 40.0 Å². The van der Waals surface area contributed by atoms with Crippen LogP contribution in [0.1, 0.15) is 66.0 Å². The molecule has 4 rings (SSSR count). The molecule has 0 bridgehead atoms. The van der Waals surface area contributed by atoms with E-state index in [4.69, 9.17) is 9.26 Å². The normalized spacial score (nSPS) is 14.5. The molecule has 7 heteroatoms. The summed E-state index contributed by atoms with van der Waals surface area (Å²) in [6.45, 7) is 6.63. The molecular formula is C23H25N3O4. The fourth-order valence-corrected chi connectivity index (χ4v) is 3.62. The van der Waals surface area contributed by atoms with Crippen LogP contribution < -0.4 is 0 Å². The molecule has 1 aromatic carbocycles. The van der Waals surface area contributed by atoms with E-state index in [0.717, 1.165) is 18.5 Å². The smallest absolute Gasteiger partial charge is 0.340 e. The summed E-state index contributed by atoms with van der Waals surface area (Å²) in [5, 5.41) is 4.50. The number of aryl methyl sites for hydroxylation is 1. The molecular weight excluding hydrogens is 382 g/mol. The number of aromatic nitrogens is 2. The van der Waals surface area contributed by atoms with Crippen molar-refractivity contribution in [3.8, 4) is 0 Å². The van der Waals surface area contributed by atoms with Crippen molar-refractivity contribution in [2.75, 3.05) is 13.1 Å². The lowest BCUT2D eigenvalue weighted by Crippen LogP contribution is -2.36. The first-order chi connectivity index (χ1) is 14.5. The van der Waals surface area contributed by atoms with Gasteiger partial charge in [-0.3, -0.25) is 4.79 Å². The predicted octanol–water partition coefficient (Wildman–Crippen LogP) is 4.18. The van der Waals surface area contributed by atoms with E-state index >= 15 is 0 Å². The van der Waals surface area contributed by atoms with Gasteiger partial charge in [-0.1, -0.05) is 35.5 Å². The van der Waals surface area contributed by atoms with Crippen LogP contribution in [0.3, 0.4) is 0 Å². The van der Waals surface area contributed by atoms with E-state index in [2.05, 4.69) is 10.1 Å². The molecule has 1 aliphatic rings. The first-order valence-corrected chi connectivity index (χ1v) is 10.3. The summed E-state index contributed by atoms with van der Waals surface area (Å²) >= 11 is 0. The van der Waals surface area contributed by atoms with E-state index < -0.39 is 12.1 Å². The molecule has 7 nitrogen and oxygen atoms in total. The molecule has 0 saturated heterocycles. The van der Waals surface area contributed by atoms with Crippen LogP contribution in [-0.2, 0) is 9.53 Å². The molecule has 1 aliphatic carbocycles. The van der Waals surface area contributed by atoms with Crippen molar-refractivity contribution in [2.45, 2.75) is 45.6 Å². The number of hydrogen-bond donors (Lipinski definition) is 0. The zero-order valence-corrected chi connectivity index (χ0v) is 17.4. The lowest BCUT2D eigenvalue weighted by Gasteiger charge is -2.25. The van der Waals surface area contributed by atoms with Gasteiger partial charge in [-0.15, -0.1) is 0 Å². The van der Waals surface area contributed by atoms with Crippen molar-refractivity contribution in [3.05, 3.63) is 58.9 Å². The minimum Gasteiger partial charge on any atom is -0.444 e. The number of benzene rings is 1. The Labute approximate surface area is 175 Å². The largest absolute Gasteiger partial charge is 0.444 e. The van der Waals surface area contributed by atoms with Gasteiger partial charge >= 0.3 is 5.97 Å². The van der Waals surface area contributed by atoms with Gasteiger partial charge < -0.3 is 14.2 Å². The topological polar surface area (TPSA) is 85.5 Å². The second-order valence-corrected chi connectivity index (χ2v) is 7.52. The molecule has 156 valence electrons. The summed E-state index contributed by atoms with van der Waals surface area (Å²) in [4.78, 5) is 32.6. The SMILES string of the molecule is CCN(CC)C(=O)C(OC(=O)c1cc(C2CC2)nc2onc(C)c12)c1ccccc1. The molecule has 1 saturated carbocycles. The van der Waals surface area contributed by atoms with Gasteiger partial charge in [0.15, 0.2) is 0 Å². The monoisotopic (exact) mass is 407 g/mol. The average molecular weight is 407 g/mol. The average Bonchev–Trinajstić information content (AvgIpc) is 3.56. The third-order valence-electron chi connectivity index (χ3n) is 5.48. The number of likely N-dealkylation sites (N-methyl/N-ethyl adjacent to an activating group) is 1. The van der Waals surface area contributed by atoms with Crippen molar-refractivity contribution >= 4 is 23.0 Å². The lowest BCUT2D eigenvalue weighted by atomic mass is 10.1. The molecule has 3 aromatic rings. The first-order valence-electron chi connectivity index (χ1n) is 10.3. The van der Waals surface area contributed by atoms with Gasteiger partial charge in [0.25, 0.3) is 11.6 Å². The van der Waals surface area contributed by atoms with Crippen LogP contribution in [0.2, 0.25) is 0 Å². The van der Waals surface area contributed by atoms with Gasteiger partial charge in [-0.25, -0.2) is 9.78 Å². The van der Waals surface area contributed by atoms with Gasteiger partial charge in [-0.2, -0.15) is 0 Å². The van der Waals surface area contributed by atoms with Crippen molar-refractivity contribution in [1.82, 2.24) is 15.0 Å². The number of fused-ring (bicyclic) bond motifs is 1. The van der Waals surface area contributed by atoms with Gasteiger partial charge in [0, 0.05) is 30.3 Å². The highest BCUT2D eigenvalue weighted by atomic mass is 16.5. The van der Waals surface area contributed by atoms with E-state index in [9.17, 15) is 9.59 Å². The summed E-state index contributed by atoms with van der Waals surface area (Å²) in [7, 11) is 0. The number of amides is 1. The van der Waals surface area contributed by atoms with E-state index in [-0.39, 0.29) is 5.91 Å². The molecule has 2 heterocycles. The third kappa shape index (κ3) is 3.79. The molecule has 0 spiro atoms. The van der Waals surface area contributed by atoms with Gasteiger partial charge in [-0.05, 0) is 39.7 Å². The Bertz CT molecular complexity index is 1070. The van der Waals surface area contributed by atoms with Crippen LogP contribution in [0.25, 0.3) is 11.1 Å². The molecule has 0 N–H and O–H groups in total. The molecule has 1 fully saturated rings. The molecule has 1 unspecified atom stereocenters. The first kappa shape index (κ1) is 20.1. The second kappa shape index (κ2) is 8.26. The van der Waals surface area contributed by atoms with Crippen molar-refractivity contribution in [2.24, 2.45) is 0 Å². The molecule has 2 aromatic heterocycles. The number of hydrogen-bond acceptors (Lipinski definition) is 6. The zero-order valence-electron chi connectivity index (χ0n) is 17.4. The number of esters is 1. The Balaban J connectivity index is 1.72. The lowest BCUT2D eigenvalue weighted by molar-refractivity contribution is -0.140. The fraction of sp³-hybridized carbons (Fsp3) is 0.391. The Morgan fingerprint density at radius 3 is 2.53 bits per heavy atom. The highest BCUT2D eigenvalue weighted by molar-refractivity contribution is 6.04. The van der Waals surface area contributed by atoms with Crippen molar-refractivity contribution in [1.29, 1.82) is 0 Å². The second-order valence-electron chi connectivity index (χ2n) is 7.52. The maximum Gasteiger partial charge on any atom is 0.340 e. The zero-order chi connectivity index (χ0) is 21.3. The number of carbonyl (C=O) groups is 2. The Morgan fingerprint density at radius 1 is 1.20 bits per heavy atom. The Morgan fingerprint density at radius 2 is 1.90 bits per heavy atom. The summed E-state index contributed by atoms with van der Waals surface area (Å²) in [6, 6.07) is 10.9. The van der Waals surface area contributed by atoms with Gasteiger partial charge in [0.2, 0.25) is 6.10 Å². The quantitative estimate of drug-likeness (QED) is 0.546. The summed E-state index contributed by atoms with van der Waals surface area (Å²) in [6.07, 6.45) is 1.05. The maximum absolute atomic E-state index is 13.3. The number of pyridine rings is 1. The van der Waals surface area contributed by atoms with E-state index in [1.807, 2.05) is 32.0 Å². The van der Waals surface area contributed by atoms with E-state index in [1.165, 1.54) is 0 Å².